The Balaban J connectivity index is 1.67. The van der Waals surface area contributed by atoms with Crippen LogP contribution in [0.2, 0.25) is 0 Å². The molecule has 5 heteroatoms. The first-order valence-electron chi connectivity index (χ1n) is 6.18. The summed E-state index contributed by atoms with van der Waals surface area (Å²) >= 11 is 0. The van der Waals surface area contributed by atoms with Gasteiger partial charge in [-0.2, -0.15) is 0 Å². The zero-order chi connectivity index (χ0) is 12.1. The van der Waals surface area contributed by atoms with E-state index < -0.39 is 0 Å². The van der Waals surface area contributed by atoms with Crippen molar-refractivity contribution in [2.45, 2.75) is 37.6 Å². The van der Waals surface area contributed by atoms with Crippen molar-refractivity contribution in [2.24, 2.45) is 0 Å². The highest BCUT2D eigenvalue weighted by Crippen LogP contribution is 2.38. The molecule has 2 aliphatic rings. The summed E-state index contributed by atoms with van der Waals surface area (Å²) in [5.41, 5.74) is 0. The molecule has 2 amide bonds. The van der Waals surface area contributed by atoms with Gasteiger partial charge in [0.05, 0.1) is 6.61 Å². The zero-order valence-corrected chi connectivity index (χ0v) is 10.0. The van der Waals surface area contributed by atoms with Gasteiger partial charge in [0.2, 0.25) is 0 Å². The number of hydrogen-bond acceptors (Lipinski definition) is 3. The quantitative estimate of drug-likeness (QED) is 0.725. The Morgan fingerprint density at radius 3 is 2.88 bits per heavy atom. The lowest BCUT2D eigenvalue weighted by Crippen LogP contribution is -2.41. The van der Waals surface area contributed by atoms with E-state index >= 15 is 0 Å². The molecule has 2 fully saturated rings. The van der Waals surface area contributed by atoms with Crippen LogP contribution in [0.3, 0.4) is 0 Å². The van der Waals surface area contributed by atoms with Crippen molar-refractivity contribution >= 4 is 6.03 Å². The van der Waals surface area contributed by atoms with Gasteiger partial charge in [0, 0.05) is 25.9 Å². The predicted octanol–water partition coefficient (Wildman–Crippen LogP) is 1.16. The molecule has 1 aliphatic carbocycles. The van der Waals surface area contributed by atoms with Crippen LogP contribution in [0.15, 0.2) is 12.7 Å². The number of amides is 2. The third-order valence-electron chi connectivity index (χ3n) is 3.18. The minimum atomic E-state index is -0.343. The van der Waals surface area contributed by atoms with Crippen LogP contribution in [-0.4, -0.2) is 37.6 Å². The van der Waals surface area contributed by atoms with E-state index in [-0.39, 0.29) is 17.9 Å². The van der Waals surface area contributed by atoms with Crippen molar-refractivity contribution in [1.82, 2.24) is 10.6 Å². The van der Waals surface area contributed by atoms with Gasteiger partial charge < -0.3 is 20.1 Å². The molecular formula is C12H20N2O3. The molecule has 1 spiro atoms. The number of rotatable bonds is 4. The second-order valence-electron chi connectivity index (χ2n) is 4.55. The number of carbonyl (C=O) groups is 1. The molecule has 1 saturated carbocycles. The minimum Gasteiger partial charge on any atom is -0.347 e. The Morgan fingerprint density at radius 2 is 2.18 bits per heavy atom. The van der Waals surface area contributed by atoms with Gasteiger partial charge in [-0.1, -0.05) is 6.08 Å². The average molecular weight is 240 g/mol. The number of carbonyl (C=O) groups excluding carboxylic acids is 1. The van der Waals surface area contributed by atoms with Crippen LogP contribution >= 0.6 is 0 Å². The summed E-state index contributed by atoms with van der Waals surface area (Å²) < 4.78 is 11.6. The average Bonchev–Trinajstić information content (AvgIpc) is 2.95. The monoisotopic (exact) mass is 240 g/mol. The van der Waals surface area contributed by atoms with Crippen molar-refractivity contribution in [3.05, 3.63) is 12.7 Å². The van der Waals surface area contributed by atoms with Crippen molar-refractivity contribution in [2.75, 3.05) is 19.7 Å². The lowest BCUT2D eigenvalue weighted by Gasteiger charge is -2.21. The van der Waals surface area contributed by atoms with E-state index in [1.165, 1.54) is 12.8 Å². The third kappa shape index (κ3) is 3.20. The minimum absolute atomic E-state index is 0.0254. The molecule has 0 bridgehead atoms. The maximum Gasteiger partial charge on any atom is 0.315 e. The fourth-order valence-corrected chi connectivity index (χ4v) is 2.33. The molecule has 1 aliphatic heterocycles. The first-order valence-corrected chi connectivity index (χ1v) is 6.18. The molecule has 0 aromatic carbocycles. The Morgan fingerprint density at radius 1 is 1.41 bits per heavy atom. The van der Waals surface area contributed by atoms with Crippen LogP contribution in [0.4, 0.5) is 4.79 Å². The van der Waals surface area contributed by atoms with E-state index in [9.17, 15) is 4.79 Å². The second kappa shape index (κ2) is 5.51. The summed E-state index contributed by atoms with van der Waals surface area (Å²) in [4.78, 5) is 11.3. The number of ether oxygens (including phenoxy) is 2. The highest BCUT2D eigenvalue weighted by atomic mass is 16.7. The molecular weight excluding hydrogens is 220 g/mol. The second-order valence-corrected chi connectivity index (χ2v) is 4.55. The fourth-order valence-electron chi connectivity index (χ4n) is 2.33. The maximum atomic E-state index is 11.3. The van der Waals surface area contributed by atoms with Gasteiger partial charge in [0.1, 0.15) is 6.10 Å². The standard InChI is InChI=1S/C12H20N2O3/c1-2-7-13-11(15)14-8-10-9-16-12(17-10)5-3-4-6-12/h2,10H,1,3-9H2,(H2,13,14,15)/t10-/m1/s1. The van der Waals surface area contributed by atoms with Gasteiger partial charge in [-0.15, -0.1) is 6.58 Å². The first kappa shape index (κ1) is 12.4. The lowest BCUT2D eigenvalue weighted by molar-refractivity contribution is -0.160. The van der Waals surface area contributed by atoms with E-state index in [2.05, 4.69) is 17.2 Å². The Bertz CT molecular complexity index is 287. The highest BCUT2D eigenvalue weighted by Gasteiger charge is 2.43. The van der Waals surface area contributed by atoms with Crippen LogP contribution in [0.25, 0.3) is 0 Å². The summed E-state index contributed by atoms with van der Waals surface area (Å²) in [6.45, 7) is 5.06. The Hall–Kier alpha value is -1.07. The molecule has 1 saturated heterocycles. The molecule has 5 nitrogen and oxygen atoms in total. The molecule has 0 radical (unpaired) electrons. The van der Waals surface area contributed by atoms with Crippen molar-refractivity contribution in [3.8, 4) is 0 Å². The summed E-state index contributed by atoms with van der Waals surface area (Å²) in [6.07, 6.45) is 5.91. The van der Waals surface area contributed by atoms with Crippen molar-refractivity contribution < 1.29 is 14.3 Å². The number of urea groups is 1. The smallest absolute Gasteiger partial charge is 0.315 e. The molecule has 96 valence electrons. The molecule has 17 heavy (non-hydrogen) atoms. The van der Waals surface area contributed by atoms with Crippen LogP contribution in [0, 0.1) is 0 Å². The molecule has 1 atom stereocenters. The summed E-state index contributed by atoms with van der Waals surface area (Å²) in [7, 11) is 0. The molecule has 2 N–H and O–H groups in total. The van der Waals surface area contributed by atoms with Crippen LogP contribution in [0.1, 0.15) is 25.7 Å². The van der Waals surface area contributed by atoms with Gasteiger partial charge in [-0.3, -0.25) is 0 Å². The van der Waals surface area contributed by atoms with Gasteiger partial charge in [-0.25, -0.2) is 4.79 Å². The first-order chi connectivity index (χ1) is 8.24. The van der Waals surface area contributed by atoms with E-state index in [0.29, 0.717) is 19.7 Å². The van der Waals surface area contributed by atoms with Gasteiger partial charge in [-0.05, 0) is 12.8 Å². The summed E-state index contributed by atoms with van der Waals surface area (Å²) in [6, 6.07) is -0.194. The molecule has 0 aromatic heterocycles. The van der Waals surface area contributed by atoms with E-state index in [0.717, 1.165) is 12.8 Å². The van der Waals surface area contributed by atoms with Gasteiger partial charge >= 0.3 is 6.03 Å². The normalized spacial score (nSPS) is 26.0. The van der Waals surface area contributed by atoms with Crippen molar-refractivity contribution in [1.29, 1.82) is 0 Å². The SMILES string of the molecule is C=CCNC(=O)NC[C@@H]1COC2(CCCC2)O1. The van der Waals surface area contributed by atoms with Crippen LogP contribution in [0.5, 0.6) is 0 Å². The topological polar surface area (TPSA) is 59.6 Å². The highest BCUT2D eigenvalue weighted by molar-refractivity contribution is 5.73. The molecule has 0 unspecified atom stereocenters. The lowest BCUT2D eigenvalue weighted by atomic mass is 10.2. The molecule has 0 aromatic rings. The third-order valence-corrected chi connectivity index (χ3v) is 3.18. The Labute approximate surface area is 102 Å². The molecule has 1 heterocycles. The van der Waals surface area contributed by atoms with Gasteiger partial charge in [0.15, 0.2) is 5.79 Å². The summed E-state index contributed by atoms with van der Waals surface area (Å²) in [5, 5.41) is 5.42. The zero-order valence-electron chi connectivity index (χ0n) is 10.0. The number of nitrogens with one attached hydrogen (secondary N) is 2. The summed E-state index contributed by atoms with van der Waals surface area (Å²) in [5.74, 6) is -0.343. The molecule has 2 rings (SSSR count). The number of hydrogen-bond donors (Lipinski definition) is 2. The van der Waals surface area contributed by atoms with E-state index in [1.54, 1.807) is 6.08 Å². The predicted molar refractivity (Wildman–Crippen MR) is 63.6 cm³/mol. The maximum absolute atomic E-state index is 11.3. The van der Waals surface area contributed by atoms with Crippen LogP contribution < -0.4 is 10.6 Å². The Kier molecular flexibility index (Phi) is 4.02. The largest absolute Gasteiger partial charge is 0.347 e. The van der Waals surface area contributed by atoms with Gasteiger partial charge in [0.25, 0.3) is 0 Å². The van der Waals surface area contributed by atoms with Crippen LogP contribution in [-0.2, 0) is 9.47 Å². The van der Waals surface area contributed by atoms with E-state index in [1.807, 2.05) is 0 Å². The van der Waals surface area contributed by atoms with E-state index in [4.69, 9.17) is 9.47 Å². The van der Waals surface area contributed by atoms with Crippen molar-refractivity contribution in [3.63, 3.8) is 0 Å². The fraction of sp³-hybridized carbons (Fsp3) is 0.750.